The van der Waals surface area contributed by atoms with E-state index in [9.17, 15) is 4.21 Å². The molecule has 2 N–H and O–H groups in total. The molecule has 1 atom stereocenters. The summed E-state index contributed by atoms with van der Waals surface area (Å²) in [4.78, 5) is 11.1. The Kier molecular flexibility index (Phi) is 10.4. The molecule has 8 heteroatoms. The maximum Gasteiger partial charge on any atom is 0.191 e. The third-order valence-corrected chi connectivity index (χ3v) is 6.14. The summed E-state index contributed by atoms with van der Waals surface area (Å²) in [5.74, 6) is 3.03. The van der Waals surface area contributed by atoms with Crippen LogP contribution in [0.4, 0.5) is 5.82 Å². The van der Waals surface area contributed by atoms with E-state index >= 15 is 0 Å². The van der Waals surface area contributed by atoms with Gasteiger partial charge >= 0.3 is 0 Å². The molecule has 1 saturated heterocycles. The molecule has 29 heavy (non-hydrogen) atoms. The van der Waals surface area contributed by atoms with E-state index in [-0.39, 0.29) is 24.0 Å². The van der Waals surface area contributed by atoms with E-state index in [0.717, 1.165) is 43.3 Å². The van der Waals surface area contributed by atoms with E-state index in [2.05, 4.69) is 31.6 Å². The summed E-state index contributed by atoms with van der Waals surface area (Å²) < 4.78 is 12.2. The molecular formula is C21H30IN5OS. The Balaban J connectivity index is 0.00000300. The van der Waals surface area contributed by atoms with Gasteiger partial charge in [-0.25, -0.2) is 4.98 Å². The second-order valence-electron chi connectivity index (χ2n) is 6.87. The Hall–Kier alpha value is -1.68. The van der Waals surface area contributed by atoms with Crippen molar-refractivity contribution in [2.75, 3.05) is 37.3 Å². The van der Waals surface area contributed by atoms with Crippen molar-refractivity contribution in [3.8, 4) is 0 Å². The van der Waals surface area contributed by atoms with E-state index in [1.54, 1.807) is 7.05 Å². The molecule has 158 valence electrons. The van der Waals surface area contributed by atoms with Gasteiger partial charge in [-0.1, -0.05) is 36.4 Å². The van der Waals surface area contributed by atoms with Gasteiger partial charge in [-0.2, -0.15) is 0 Å². The molecule has 6 nitrogen and oxygen atoms in total. The second kappa shape index (κ2) is 12.8. The third kappa shape index (κ3) is 7.93. The largest absolute Gasteiger partial charge is 0.356 e. The number of aromatic nitrogens is 1. The zero-order valence-electron chi connectivity index (χ0n) is 16.8. The number of piperidine rings is 1. The molecule has 0 bridgehead atoms. The molecule has 3 rings (SSSR count). The number of hydrogen-bond donors (Lipinski definition) is 2. The molecule has 0 spiro atoms. The fraction of sp³-hybridized carbons (Fsp3) is 0.429. The van der Waals surface area contributed by atoms with Crippen molar-refractivity contribution in [1.82, 2.24) is 15.6 Å². The molecule has 1 aromatic heterocycles. The van der Waals surface area contributed by atoms with Crippen LogP contribution >= 0.6 is 24.0 Å². The van der Waals surface area contributed by atoms with Crippen molar-refractivity contribution in [1.29, 1.82) is 0 Å². The van der Waals surface area contributed by atoms with Gasteiger partial charge in [-0.15, -0.1) is 24.0 Å². The number of pyridine rings is 1. The van der Waals surface area contributed by atoms with Gasteiger partial charge in [-0.05, 0) is 30.5 Å². The molecular weight excluding hydrogens is 497 g/mol. The number of halogens is 1. The third-order valence-electron chi connectivity index (χ3n) is 4.83. The summed E-state index contributed by atoms with van der Waals surface area (Å²) in [6.45, 7) is 2.60. The highest BCUT2D eigenvalue weighted by Crippen LogP contribution is 2.17. The molecule has 1 aliphatic heterocycles. The second-order valence-corrected chi connectivity index (χ2v) is 8.44. The lowest BCUT2D eigenvalue weighted by Crippen LogP contribution is -2.49. The van der Waals surface area contributed by atoms with Crippen LogP contribution in [0.1, 0.15) is 18.4 Å². The molecule has 1 aromatic carbocycles. The van der Waals surface area contributed by atoms with Crippen LogP contribution < -0.4 is 15.5 Å². The maximum absolute atomic E-state index is 12.2. The van der Waals surface area contributed by atoms with Crippen molar-refractivity contribution in [2.24, 2.45) is 4.99 Å². The summed E-state index contributed by atoms with van der Waals surface area (Å²) in [5, 5.41) is 6.79. The Bertz CT molecular complexity index is 767. The lowest BCUT2D eigenvalue weighted by molar-refractivity contribution is 0.460. The number of nitrogens with zero attached hydrogens (tertiary/aromatic N) is 3. The zero-order chi connectivity index (χ0) is 19.6. The van der Waals surface area contributed by atoms with Crippen molar-refractivity contribution >= 4 is 46.6 Å². The Morgan fingerprint density at radius 1 is 1.17 bits per heavy atom. The minimum Gasteiger partial charge on any atom is -0.356 e. The number of guanidine groups is 1. The first-order chi connectivity index (χ1) is 13.7. The first-order valence-electron chi connectivity index (χ1n) is 9.76. The van der Waals surface area contributed by atoms with Crippen molar-refractivity contribution in [3.63, 3.8) is 0 Å². The van der Waals surface area contributed by atoms with Crippen LogP contribution in [0.15, 0.2) is 59.7 Å². The van der Waals surface area contributed by atoms with Crippen LogP contribution in [-0.2, 0) is 16.6 Å². The highest BCUT2D eigenvalue weighted by Gasteiger charge is 2.20. The minimum atomic E-state index is -0.881. The summed E-state index contributed by atoms with van der Waals surface area (Å²) >= 11 is 0. The van der Waals surface area contributed by atoms with Gasteiger partial charge in [0.05, 0.1) is 0 Å². The van der Waals surface area contributed by atoms with E-state index in [0.29, 0.717) is 24.1 Å². The molecule has 1 fully saturated rings. The Morgan fingerprint density at radius 3 is 2.55 bits per heavy atom. The van der Waals surface area contributed by atoms with Gasteiger partial charge < -0.3 is 15.5 Å². The maximum atomic E-state index is 12.2. The fourth-order valence-electron chi connectivity index (χ4n) is 3.30. The molecule has 0 radical (unpaired) electrons. The smallest absolute Gasteiger partial charge is 0.191 e. The van der Waals surface area contributed by atoms with Gasteiger partial charge in [0.2, 0.25) is 0 Å². The standard InChI is InChI=1S/C21H29N5OS.HI/c1-22-21(24-13-16-28(27)17-18-7-3-2-4-8-18)25-19-10-14-26(15-11-19)20-9-5-6-12-23-20;/h2-9,12,19H,10-11,13-17H2,1H3,(H2,22,24,25);1H. The van der Waals surface area contributed by atoms with Crippen molar-refractivity contribution in [3.05, 3.63) is 60.3 Å². The van der Waals surface area contributed by atoms with Crippen LogP contribution in [0.5, 0.6) is 0 Å². The predicted octanol–water partition coefficient (Wildman–Crippen LogP) is 2.78. The van der Waals surface area contributed by atoms with Gasteiger partial charge in [0.15, 0.2) is 5.96 Å². The number of rotatable bonds is 7. The van der Waals surface area contributed by atoms with E-state index in [4.69, 9.17) is 0 Å². The SMILES string of the molecule is CN=C(NCCS(=O)Cc1ccccc1)NC1CCN(c2ccccn2)CC1.I. The van der Waals surface area contributed by atoms with Crippen molar-refractivity contribution in [2.45, 2.75) is 24.6 Å². The molecule has 0 amide bonds. The summed E-state index contributed by atoms with van der Waals surface area (Å²) in [6, 6.07) is 16.4. The minimum absolute atomic E-state index is 0. The molecule has 2 aromatic rings. The number of hydrogen-bond acceptors (Lipinski definition) is 4. The van der Waals surface area contributed by atoms with Crippen molar-refractivity contribution < 1.29 is 4.21 Å². The lowest BCUT2D eigenvalue weighted by Gasteiger charge is -2.33. The zero-order valence-corrected chi connectivity index (χ0v) is 19.9. The van der Waals surface area contributed by atoms with Crippen LogP contribution in [-0.4, -0.2) is 53.6 Å². The highest BCUT2D eigenvalue weighted by molar-refractivity contribution is 14.0. The van der Waals surface area contributed by atoms with Gasteiger partial charge in [-0.3, -0.25) is 9.20 Å². The van der Waals surface area contributed by atoms with Gasteiger partial charge in [0.25, 0.3) is 0 Å². The topological polar surface area (TPSA) is 69.6 Å². The van der Waals surface area contributed by atoms with Crippen LogP contribution in [0.25, 0.3) is 0 Å². The fourth-order valence-corrected chi connectivity index (χ4v) is 4.34. The quantitative estimate of drug-likeness (QED) is 0.330. The summed E-state index contributed by atoms with van der Waals surface area (Å²) in [7, 11) is 0.896. The van der Waals surface area contributed by atoms with Crippen LogP contribution in [0, 0.1) is 0 Å². The normalized spacial score (nSPS) is 16.0. The van der Waals surface area contributed by atoms with Crippen LogP contribution in [0.2, 0.25) is 0 Å². The van der Waals surface area contributed by atoms with E-state index in [1.165, 1.54) is 0 Å². The number of nitrogens with one attached hydrogen (secondary N) is 2. The first-order valence-corrected chi connectivity index (χ1v) is 11.3. The van der Waals surface area contributed by atoms with Gasteiger partial charge in [0.1, 0.15) is 5.82 Å². The molecule has 0 aliphatic carbocycles. The summed E-state index contributed by atoms with van der Waals surface area (Å²) in [6.07, 6.45) is 3.92. The molecule has 1 aliphatic rings. The Morgan fingerprint density at radius 2 is 1.90 bits per heavy atom. The van der Waals surface area contributed by atoms with E-state index < -0.39 is 10.8 Å². The number of aliphatic imine (C=N–C) groups is 1. The Labute approximate surface area is 193 Å². The van der Waals surface area contributed by atoms with Crippen LogP contribution in [0.3, 0.4) is 0 Å². The average molecular weight is 527 g/mol. The number of anilines is 1. The highest BCUT2D eigenvalue weighted by atomic mass is 127. The van der Waals surface area contributed by atoms with E-state index in [1.807, 2.05) is 48.7 Å². The first kappa shape index (κ1) is 23.6. The molecule has 1 unspecified atom stereocenters. The number of benzene rings is 1. The molecule has 2 heterocycles. The lowest BCUT2D eigenvalue weighted by atomic mass is 10.1. The average Bonchev–Trinajstić information content (AvgIpc) is 2.75. The predicted molar refractivity (Wildman–Crippen MR) is 133 cm³/mol. The monoisotopic (exact) mass is 527 g/mol. The summed E-state index contributed by atoms with van der Waals surface area (Å²) in [5.41, 5.74) is 1.11. The molecule has 0 saturated carbocycles. The van der Waals surface area contributed by atoms with Gasteiger partial charge in [0, 0.05) is 61.2 Å².